The van der Waals surface area contributed by atoms with Crippen LogP contribution in [0.1, 0.15) is 50.5 Å². The van der Waals surface area contributed by atoms with Crippen LogP contribution in [-0.2, 0) is 35.2 Å². The molecule has 0 aliphatic heterocycles. The zero-order valence-corrected chi connectivity index (χ0v) is 16.5. The Labute approximate surface area is 158 Å². The van der Waals surface area contributed by atoms with E-state index >= 15 is 0 Å². The minimum atomic E-state index is -3.27. The van der Waals surface area contributed by atoms with Crippen LogP contribution in [0.2, 0.25) is 0 Å². The first-order chi connectivity index (χ1) is 12.5. The second-order valence-electron chi connectivity index (χ2n) is 6.58. The lowest BCUT2D eigenvalue weighted by molar-refractivity contribution is 0.0955. The van der Waals surface area contributed by atoms with Crippen molar-refractivity contribution in [3.63, 3.8) is 0 Å². The summed E-state index contributed by atoms with van der Waals surface area (Å²) in [6, 6.07) is 9.31. The van der Waals surface area contributed by atoms with Gasteiger partial charge in [0.25, 0.3) is 5.91 Å². The molecule has 0 radical (unpaired) electrons. The van der Waals surface area contributed by atoms with E-state index in [9.17, 15) is 13.2 Å². The van der Waals surface area contributed by atoms with Gasteiger partial charge in [0.2, 0.25) is 10.0 Å². The van der Waals surface area contributed by atoms with Crippen LogP contribution in [-0.4, -0.2) is 21.4 Å². The lowest BCUT2D eigenvalue weighted by Crippen LogP contribution is -2.22. The van der Waals surface area contributed by atoms with Crippen molar-refractivity contribution in [2.45, 2.75) is 44.4 Å². The minimum Gasteiger partial charge on any atom is -0.347 e. The summed E-state index contributed by atoms with van der Waals surface area (Å²) in [4.78, 5) is 14.6. The van der Waals surface area contributed by atoms with Crippen LogP contribution < -0.4 is 10.0 Å². The van der Waals surface area contributed by atoms with Gasteiger partial charge >= 0.3 is 0 Å². The molecule has 1 amide bonds. The molecule has 3 rings (SSSR count). The van der Waals surface area contributed by atoms with Crippen LogP contribution in [0.25, 0.3) is 0 Å². The second-order valence-corrected chi connectivity index (χ2v) is 9.65. The molecule has 2 N–H and O–H groups in total. The Morgan fingerprint density at radius 2 is 1.77 bits per heavy atom. The summed E-state index contributed by atoms with van der Waals surface area (Å²) in [6.07, 6.45) is 5.86. The fourth-order valence-corrected chi connectivity index (χ4v) is 5.04. The Kier molecular flexibility index (Phi) is 6.11. The van der Waals surface area contributed by atoms with Gasteiger partial charge in [-0.15, -0.1) is 11.3 Å². The highest BCUT2D eigenvalue weighted by atomic mass is 32.2. The van der Waals surface area contributed by atoms with E-state index in [4.69, 9.17) is 0 Å². The van der Waals surface area contributed by atoms with Gasteiger partial charge in [0.05, 0.1) is 10.6 Å². The van der Waals surface area contributed by atoms with Crippen molar-refractivity contribution in [2.24, 2.45) is 0 Å². The maximum atomic E-state index is 12.4. The van der Waals surface area contributed by atoms with Gasteiger partial charge in [-0.1, -0.05) is 30.7 Å². The topological polar surface area (TPSA) is 75.3 Å². The third-order valence-corrected chi connectivity index (χ3v) is 7.19. The third-order valence-electron chi connectivity index (χ3n) is 4.61. The summed E-state index contributed by atoms with van der Waals surface area (Å²) >= 11 is 1.62. The highest BCUT2D eigenvalue weighted by Crippen LogP contribution is 2.28. The second kappa shape index (κ2) is 8.33. The summed E-state index contributed by atoms with van der Waals surface area (Å²) < 4.78 is 25.4. The molecule has 0 bridgehead atoms. The van der Waals surface area contributed by atoms with E-state index in [0.29, 0.717) is 6.54 Å². The summed E-state index contributed by atoms with van der Waals surface area (Å²) in [5.74, 6) is -0.0819. The number of carbonyl (C=O) groups excluding carboxylic acids is 1. The maximum absolute atomic E-state index is 12.4. The van der Waals surface area contributed by atoms with E-state index in [1.165, 1.54) is 36.8 Å². The summed E-state index contributed by atoms with van der Waals surface area (Å²) in [6.45, 7) is 0.431. The molecule has 0 saturated carbocycles. The van der Waals surface area contributed by atoms with Crippen molar-refractivity contribution in [1.29, 1.82) is 0 Å². The first kappa shape index (κ1) is 19.1. The standard InChI is InChI=1S/C19H24N2O3S2/c1-20-26(23,24)13-15-9-7-14(8-10-15)12-21-19(22)18-11-16-5-3-2-4-6-17(16)25-18/h7-11,20H,2-6,12-13H2,1H3,(H,21,22). The van der Waals surface area contributed by atoms with Gasteiger partial charge in [-0.2, -0.15) is 0 Å². The molecular weight excluding hydrogens is 368 g/mol. The maximum Gasteiger partial charge on any atom is 0.261 e. The summed E-state index contributed by atoms with van der Waals surface area (Å²) in [7, 11) is -1.86. The molecule has 0 unspecified atom stereocenters. The first-order valence-electron chi connectivity index (χ1n) is 8.85. The molecule has 7 heteroatoms. The molecular formula is C19H24N2O3S2. The Morgan fingerprint density at radius 1 is 1.08 bits per heavy atom. The number of hydrogen-bond acceptors (Lipinski definition) is 4. The van der Waals surface area contributed by atoms with Crippen LogP contribution in [0.3, 0.4) is 0 Å². The normalized spacial score (nSPS) is 14.5. The molecule has 140 valence electrons. The summed E-state index contributed by atoms with van der Waals surface area (Å²) in [5, 5.41) is 2.96. The third kappa shape index (κ3) is 4.93. The molecule has 0 saturated heterocycles. The largest absolute Gasteiger partial charge is 0.347 e. The number of amides is 1. The molecule has 26 heavy (non-hydrogen) atoms. The number of hydrogen-bond donors (Lipinski definition) is 2. The number of aryl methyl sites for hydroxylation is 2. The zero-order chi connectivity index (χ0) is 18.6. The highest BCUT2D eigenvalue weighted by molar-refractivity contribution is 7.88. The van der Waals surface area contributed by atoms with Gasteiger partial charge < -0.3 is 5.32 Å². The number of thiophene rings is 1. The van der Waals surface area contributed by atoms with E-state index < -0.39 is 10.0 Å². The predicted octanol–water partition coefficient (Wildman–Crippen LogP) is 3.00. The molecule has 0 atom stereocenters. The molecule has 0 spiro atoms. The van der Waals surface area contributed by atoms with Crippen molar-refractivity contribution in [3.8, 4) is 0 Å². The van der Waals surface area contributed by atoms with E-state index in [0.717, 1.165) is 28.8 Å². The van der Waals surface area contributed by atoms with Gasteiger partial charge in [0.15, 0.2) is 0 Å². The molecule has 0 fully saturated rings. The minimum absolute atomic E-state index is 0.0371. The number of sulfonamides is 1. The molecule has 1 aromatic carbocycles. The van der Waals surface area contributed by atoms with Crippen molar-refractivity contribution in [1.82, 2.24) is 10.0 Å². The Balaban J connectivity index is 1.58. The van der Waals surface area contributed by atoms with Crippen LogP contribution in [0, 0.1) is 0 Å². The number of rotatable bonds is 6. The average molecular weight is 393 g/mol. The van der Waals surface area contributed by atoms with Crippen molar-refractivity contribution in [3.05, 3.63) is 56.8 Å². The highest BCUT2D eigenvalue weighted by Gasteiger charge is 2.16. The zero-order valence-electron chi connectivity index (χ0n) is 14.9. The van der Waals surface area contributed by atoms with Gasteiger partial charge in [-0.25, -0.2) is 13.1 Å². The Hall–Kier alpha value is -1.70. The first-order valence-corrected chi connectivity index (χ1v) is 11.3. The lowest BCUT2D eigenvalue weighted by Gasteiger charge is -2.06. The van der Waals surface area contributed by atoms with Crippen molar-refractivity contribution in [2.75, 3.05) is 7.05 Å². The van der Waals surface area contributed by atoms with Crippen LogP contribution in [0.5, 0.6) is 0 Å². The van der Waals surface area contributed by atoms with Crippen LogP contribution in [0.4, 0.5) is 0 Å². The molecule has 2 aromatic rings. The predicted molar refractivity (Wildman–Crippen MR) is 105 cm³/mol. The smallest absolute Gasteiger partial charge is 0.261 e. The average Bonchev–Trinajstić information content (AvgIpc) is 2.91. The quantitative estimate of drug-likeness (QED) is 0.742. The monoisotopic (exact) mass is 392 g/mol. The molecule has 5 nitrogen and oxygen atoms in total. The summed E-state index contributed by atoms with van der Waals surface area (Å²) in [5.41, 5.74) is 3.01. The SMILES string of the molecule is CNS(=O)(=O)Cc1ccc(CNC(=O)c2cc3c(s2)CCCCC3)cc1. The number of carbonyl (C=O) groups is 1. The lowest BCUT2D eigenvalue weighted by atomic mass is 10.1. The number of nitrogens with one attached hydrogen (secondary N) is 2. The van der Waals surface area contributed by atoms with Crippen molar-refractivity contribution >= 4 is 27.3 Å². The van der Waals surface area contributed by atoms with E-state index in [1.54, 1.807) is 23.5 Å². The van der Waals surface area contributed by atoms with Crippen LogP contribution >= 0.6 is 11.3 Å². The molecule has 1 aromatic heterocycles. The van der Waals surface area contributed by atoms with Gasteiger partial charge in [0, 0.05) is 11.4 Å². The van der Waals surface area contributed by atoms with Gasteiger partial charge in [-0.05, 0) is 55.5 Å². The van der Waals surface area contributed by atoms with Crippen molar-refractivity contribution < 1.29 is 13.2 Å². The fraction of sp³-hybridized carbons (Fsp3) is 0.421. The van der Waals surface area contributed by atoms with E-state index in [-0.39, 0.29) is 11.7 Å². The van der Waals surface area contributed by atoms with E-state index in [1.807, 2.05) is 18.2 Å². The fourth-order valence-electron chi connectivity index (χ4n) is 3.09. The van der Waals surface area contributed by atoms with Gasteiger partial charge in [0.1, 0.15) is 0 Å². The molecule has 1 aliphatic carbocycles. The van der Waals surface area contributed by atoms with Gasteiger partial charge in [-0.3, -0.25) is 4.79 Å². The molecule has 1 heterocycles. The van der Waals surface area contributed by atoms with Crippen LogP contribution in [0.15, 0.2) is 30.3 Å². The Morgan fingerprint density at radius 3 is 2.50 bits per heavy atom. The number of fused-ring (bicyclic) bond motifs is 1. The van der Waals surface area contributed by atoms with E-state index in [2.05, 4.69) is 10.0 Å². The Bertz CT molecular complexity index is 847. The molecule has 1 aliphatic rings. The number of benzene rings is 1.